The fourth-order valence-corrected chi connectivity index (χ4v) is 2.03. The molecule has 0 amide bonds. The van der Waals surface area contributed by atoms with Gasteiger partial charge in [0.1, 0.15) is 0 Å². The van der Waals surface area contributed by atoms with Crippen molar-refractivity contribution in [3.05, 3.63) is 59.7 Å². The second kappa shape index (κ2) is 6.34. The maximum atomic E-state index is 5.23. The predicted molar refractivity (Wildman–Crippen MR) is 73.3 cm³/mol. The Balaban J connectivity index is 2.30. The Bertz CT molecular complexity index is 489. The number of hydrogen-bond acceptors (Lipinski definition) is 2. The zero-order chi connectivity index (χ0) is 12.8. The van der Waals surface area contributed by atoms with Crippen LogP contribution in [0.2, 0.25) is 0 Å². The Morgan fingerprint density at radius 1 is 0.778 bits per heavy atom. The van der Waals surface area contributed by atoms with Crippen LogP contribution < -0.4 is 0 Å². The summed E-state index contributed by atoms with van der Waals surface area (Å²) in [6.07, 6.45) is 0. The summed E-state index contributed by atoms with van der Waals surface area (Å²) < 4.78 is 10.3. The van der Waals surface area contributed by atoms with Crippen molar-refractivity contribution in [1.82, 2.24) is 0 Å². The Labute approximate surface area is 108 Å². The summed E-state index contributed by atoms with van der Waals surface area (Å²) in [5.74, 6) is 0. The Kier molecular flexibility index (Phi) is 4.51. The van der Waals surface area contributed by atoms with Crippen LogP contribution in [0.3, 0.4) is 0 Å². The van der Waals surface area contributed by atoms with E-state index >= 15 is 0 Å². The molecule has 0 aliphatic heterocycles. The molecule has 2 heteroatoms. The van der Waals surface area contributed by atoms with Crippen LogP contribution in [0.25, 0.3) is 11.1 Å². The smallest absolute Gasteiger partial charge is 0.0719 e. The molecule has 0 spiro atoms. The van der Waals surface area contributed by atoms with Crippen LogP contribution in [0.1, 0.15) is 11.1 Å². The molecule has 0 aliphatic rings. The van der Waals surface area contributed by atoms with Crippen LogP contribution in [0, 0.1) is 0 Å². The largest absolute Gasteiger partial charge is 0.380 e. The first-order chi connectivity index (χ1) is 8.85. The van der Waals surface area contributed by atoms with E-state index in [1.165, 1.54) is 22.3 Å². The molecule has 0 atom stereocenters. The summed E-state index contributed by atoms with van der Waals surface area (Å²) in [5, 5.41) is 0. The molecule has 18 heavy (non-hydrogen) atoms. The lowest BCUT2D eigenvalue weighted by atomic mass is 9.99. The van der Waals surface area contributed by atoms with E-state index in [0.717, 1.165) is 0 Å². The number of ether oxygens (including phenoxy) is 2. The molecule has 0 saturated carbocycles. The van der Waals surface area contributed by atoms with Crippen molar-refractivity contribution in [3.63, 3.8) is 0 Å². The van der Waals surface area contributed by atoms with Gasteiger partial charge in [-0.1, -0.05) is 48.5 Å². The van der Waals surface area contributed by atoms with Crippen molar-refractivity contribution in [2.24, 2.45) is 0 Å². The molecule has 0 N–H and O–H groups in total. The van der Waals surface area contributed by atoms with E-state index in [4.69, 9.17) is 9.47 Å². The summed E-state index contributed by atoms with van der Waals surface area (Å²) in [6.45, 7) is 1.29. The summed E-state index contributed by atoms with van der Waals surface area (Å²) >= 11 is 0. The highest BCUT2D eigenvalue weighted by atomic mass is 16.5. The van der Waals surface area contributed by atoms with Gasteiger partial charge in [0, 0.05) is 14.2 Å². The second-order valence-corrected chi connectivity index (χ2v) is 4.22. The Morgan fingerprint density at radius 2 is 1.44 bits per heavy atom. The minimum Gasteiger partial charge on any atom is -0.380 e. The van der Waals surface area contributed by atoms with E-state index in [0.29, 0.717) is 13.2 Å². The van der Waals surface area contributed by atoms with Gasteiger partial charge < -0.3 is 9.47 Å². The summed E-state index contributed by atoms with van der Waals surface area (Å²) in [7, 11) is 3.43. The van der Waals surface area contributed by atoms with Gasteiger partial charge in [0.25, 0.3) is 0 Å². The third-order valence-electron chi connectivity index (χ3n) is 2.89. The van der Waals surface area contributed by atoms with Crippen molar-refractivity contribution in [2.45, 2.75) is 13.2 Å². The normalized spacial score (nSPS) is 10.6. The molecular formula is C16H18O2. The lowest BCUT2D eigenvalue weighted by Crippen LogP contribution is -1.92. The van der Waals surface area contributed by atoms with Crippen LogP contribution in [-0.2, 0) is 22.7 Å². The van der Waals surface area contributed by atoms with E-state index in [9.17, 15) is 0 Å². The van der Waals surface area contributed by atoms with Gasteiger partial charge in [0.2, 0.25) is 0 Å². The van der Waals surface area contributed by atoms with Crippen LogP contribution in [0.5, 0.6) is 0 Å². The van der Waals surface area contributed by atoms with E-state index < -0.39 is 0 Å². The number of methoxy groups -OCH3 is 2. The Morgan fingerprint density at radius 3 is 2.11 bits per heavy atom. The highest BCUT2D eigenvalue weighted by molar-refractivity contribution is 5.67. The highest BCUT2D eigenvalue weighted by Crippen LogP contribution is 2.24. The van der Waals surface area contributed by atoms with Gasteiger partial charge in [0.05, 0.1) is 13.2 Å². The van der Waals surface area contributed by atoms with Gasteiger partial charge in [-0.15, -0.1) is 0 Å². The van der Waals surface area contributed by atoms with Crippen molar-refractivity contribution in [3.8, 4) is 11.1 Å². The summed E-state index contributed by atoms with van der Waals surface area (Å²) in [6, 6.07) is 16.8. The highest BCUT2D eigenvalue weighted by Gasteiger charge is 2.04. The van der Waals surface area contributed by atoms with Gasteiger partial charge >= 0.3 is 0 Å². The molecule has 94 valence electrons. The molecule has 2 rings (SSSR count). The first-order valence-corrected chi connectivity index (χ1v) is 6.00. The number of hydrogen-bond donors (Lipinski definition) is 0. The minimum absolute atomic E-state index is 0.635. The fraction of sp³-hybridized carbons (Fsp3) is 0.250. The molecule has 0 aliphatic carbocycles. The van der Waals surface area contributed by atoms with E-state index in [1.54, 1.807) is 14.2 Å². The Hall–Kier alpha value is -1.64. The molecule has 2 aromatic carbocycles. The molecule has 0 aromatic heterocycles. The van der Waals surface area contributed by atoms with Crippen molar-refractivity contribution >= 4 is 0 Å². The van der Waals surface area contributed by atoms with Crippen LogP contribution in [0.15, 0.2) is 48.5 Å². The third kappa shape index (κ3) is 2.97. The van der Waals surface area contributed by atoms with Crippen LogP contribution >= 0.6 is 0 Å². The molecule has 0 heterocycles. The first kappa shape index (κ1) is 12.8. The molecule has 0 unspecified atom stereocenters. The molecule has 2 nitrogen and oxygen atoms in total. The topological polar surface area (TPSA) is 18.5 Å². The molecule has 0 saturated heterocycles. The average molecular weight is 242 g/mol. The molecular weight excluding hydrogens is 224 g/mol. The lowest BCUT2D eigenvalue weighted by Gasteiger charge is -2.09. The summed E-state index contributed by atoms with van der Waals surface area (Å²) in [5.41, 5.74) is 4.83. The standard InChI is InChI=1S/C16H18O2/c1-17-11-13-7-9-14(10-8-13)16-6-4-3-5-15(16)12-18-2/h3-10H,11-12H2,1-2H3. The average Bonchev–Trinajstić information content (AvgIpc) is 2.41. The zero-order valence-electron chi connectivity index (χ0n) is 10.8. The van der Waals surface area contributed by atoms with Crippen LogP contribution in [-0.4, -0.2) is 14.2 Å². The molecule has 2 aromatic rings. The van der Waals surface area contributed by atoms with E-state index in [2.05, 4.69) is 42.5 Å². The monoisotopic (exact) mass is 242 g/mol. The van der Waals surface area contributed by atoms with Gasteiger partial charge in [-0.25, -0.2) is 0 Å². The maximum Gasteiger partial charge on any atom is 0.0719 e. The van der Waals surface area contributed by atoms with Gasteiger partial charge in [-0.3, -0.25) is 0 Å². The quantitative estimate of drug-likeness (QED) is 0.796. The summed E-state index contributed by atoms with van der Waals surface area (Å²) in [4.78, 5) is 0. The molecule has 0 radical (unpaired) electrons. The van der Waals surface area contributed by atoms with Gasteiger partial charge in [-0.2, -0.15) is 0 Å². The van der Waals surface area contributed by atoms with Crippen molar-refractivity contribution < 1.29 is 9.47 Å². The minimum atomic E-state index is 0.635. The number of rotatable bonds is 5. The SMILES string of the molecule is COCc1ccc(-c2ccccc2COC)cc1. The van der Waals surface area contributed by atoms with Gasteiger partial charge in [-0.05, 0) is 22.3 Å². The van der Waals surface area contributed by atoms with Crippen LogP contribution in [0.4, 0.5) is 0 Å². The first-order valence-electron chi connectivity index (χ1n) is 6.00. The molecule has 0 bridgehead atoms. The van der Waals surface area contributed by atoms with Crippen molar-refractivity contribution in [1.29, 1.82) is 0 Å². The predicted octanol–water partition coefficient (Wildman–Crippen LogP) is 3.65. The van der Waals surface area contributed by atoms with E-state index in [1.807, 2.05) is 6.07 Å². The zero-order valence-corrected chi connectivity index (χ0v) is 10.8. The fourth-order valence-electron chi connectivity index (χ4n) is 2.03. The lowest BCUT2D eigenvalue weighted by molar-refractivity contribution is 0.185. The third-order valence-corrected chi connectivity index (χ3v) is 2.89. The molecule has 0 fully saturated rings. The second-order valence-electron chi connectivity index (χ2n) is 4.22. The number of benzene rings is 2. The van der Waals surface area contributed by atoms with Crippen molar-refractivity contribution in [2.75, 3.05) is 14.2 Å². The van der Waals surface area contributed by atoms with Gasteiger partial charge in [0.15, 0.2) is 0 Å². The van der Waals surface area contributed by atoms with E-state index in [-0.39, 0.29) is 0 Å². The maximum absolute atomic E-state index is 5.23.